The molecule has 0 bridgehead atoms. The van der Waals surface area contributed by atoms with E-state index in [2.05, 4.69) is 4.90 Å². The highest BCUT2D eigenvalue weighted by molar-refractivity contribution is 6.28. The number of nitrogens with zero attached hydrogens (tertiary/aromatic N) is 2. The molecule has 0 saturated carbocycles. The van der Waals surface area contributed by atoms with E-state index < -0.39 is 0 Å². The number of morpholine rings is 1. The minimum atomic E-state index is -0.0865. The molecule has 8 heteroatoms. The fourth-order valence-corrected chi connectivity index (χ4v) is 4.45. The van der Waals surface area contributed by atoms with Crippen LogP contribution < -0.4 is 18.9 Å². The fraction of sp³-hybridized carbons (Fsp3) is 0.360. The first-order chi connectivity index (χ1) is 16.1. The van der Waals surface area contributed by atoms with E-state index in [4.69, 9.17) is 28.7 Å². The van der Waals surface area contributed by atoms with Crippen LogP contribution in [0.4, 0.5) is 0 Å². The van der Waals surface area contributed by atoms with Gasteiger partial charge in [0.25, 0.3) is 0 Å². The van der Waals surface area contributed by atoms with Gasteiger partial charge in [0.15, 0.2) is 17.3 Å². The maximum atomic E-state index is 13.6. The minimum absolute atomic E-state index is 0.0865. The smallest absolute Gasteiger partial charge is 0.222 e. The van der Waals surface area contributed by atoms with Crippen LogP contribution in [0.1, 0.15) is 15.9 Å². The van der Waals surface area contributed by atoms with Gasteiger partial charge < -0.3 is 23.7 Å². The summed E-state index contributed by atoms with van der Waals surface area (Å²) < 4.78 is 27.9. The molecule has 1 saturated heterocycles. The molecule has 2 aromatic carbocycles. The molecule has 172 valence electrons. The van der Waals surface area contributed by atoms with Crippen LogP contribution in [0.3, 0.4) is 0 Å². The van der Waals surface area contributed by atoms with Gasteiger partial charge in [0, 0.05) is 42.2 Å². The van der Waals surface area contributed by atoms with E-state index in [1.807, 2.05) is 12.1 Å². The summed E-state index contributed by atoms with van der Waals surface area (Å²) in [7, 11) is 4.73. The molecular weight excluding hydrogens is 424 g/mol. The molecule has 0 N–H and O–H groups in total. The number of carbonyl (C=O) groups is 1. The van der Waals surface area contributed by atoms with E-state index in [1.54, 1.807) is 39.5 Å². The number of fused-ring (bicyclic) bond motifs is 5. The lowest BCUT2D eigenvalue weighted by molar-refractivity contribution is 0.0320. The van der Waals surface area contributed by atoms with Crippen LogP contribution in [-0.4, -0.2) is 76.5 Å². The lowest BCUT2D eigenvalue weighted by atomic mass is 10.0. The SMILES string of the molecule is COc1ccc2c(c1)C(=O)c1c-2c(OCCN2CCOCC2)nc2cc(OC)c(OC)cc12. The summed E-state index contributed by atoms with van der Waals surface area (Å²) in [5.74, 6) is 2.06. The third kappa shape index (κ3) is 3.75. The Morgan fingerprint density at radius 3 is 2.42 bits per heavy atom. The molecule has 1 aromatic heterocycles. The Morgan fingerprint density at radius 2 is 1.70 bits per heavy atom. The number of methoxy groups -OCH3 is 3. The molecule has 3 aromatic rings. The lowest BCUT2D eigenvalue weighted by Crippen LogP contribution is -2.38. The summed E-state index contributed by atoms with van der Waals surface area (Å²) >= 11 is 0. The Hall–Kier alpha value is -3.36. The zero-order valence-corrected chi connectivity index (χ0v) is 19.0. The van der Waals surface area contributed by atoms with Gasteiger partial charge in [-0.3, -0.25) is 9.69 Å². The molecule has 1 aliphatic heterocycles. The van der Waals surface area contributed by atoms with E-state index in [1.165, 1.54) is 0 Å². The largest absolute Gasteiger partial charge is 0.497 e. The average molecular weight is 450 g/mol. The Labute approximate surface area is 192 Å². The van der Waals surface area contributed by atoms with Crippen molar-refractivity contribution in [2.24, 2.45) is 0 Å². The minimum Gasteiger partial charge on any atom is -0.497 e. The normalized spacial score (nSPS) is 15.3. The molecule has 1 fully saturated rings. The topological polar surface area (TPSA) is 79.4 Å². The monoisotopic (exact) mass is 450 g/mol. The maximum absolute atomic E-state index is 13.6. The van der Waals surface area contributed by atoms with Crippen LogP contribution in [-0.2, 0) is 4.74 Å². The van der Waals surface area contributed by atoms with Crippen LogP contribution in [0.15, 0.2) is 30.3 Å². The number of hydrogen-bond donors (Lipinski definition) is 0. The third-order valence-corrected chi connectivity index (χ3v) is 6.17. The zero-order chi connectivity index (χ0) is 22.9. The van der Waals surface area contributed by atoms with Crippen molar-refractivity contribution in [1.82, 2.24) is 9.88 Å². The average Bonchev–Trinajstić information content (AvgIpc) is 3.16. The summed E-state index contributed by atoms with van der Waals surface area (Å²) in [6.45, 7) is 4.44. The van der Waals surface area contributed by atoms with Crippen LogP contribution in [0.25, 0.3) is 22.0 Å². The van der Waals surface area contributed by atoms with Gasteiger partial charge in [0.05, 0.1) is 45.6 Å². The van der Waals surface area contributed by atoms with Gasteiger partial charge in [-0.2, -0.15) is 0 Å². The van der Waals surface area contributed by atoms with Crippen LogP contribution >= 0.6 is 0 Å². The molecule has 8 nitrogen and oxygen atoms in total. The Kier molecular flexibility index (Phi) is 5.78. The van der Waals surface area contributed by atoms with Gasteiger partial charge in [-0.1, -0.05) is 0 Å². The van der Waals surface area contributed by atoms with Gasteiger partial charge in [0.1, 0.15) is 12.4 Å². The van der Waals surface area contributed by atoms with E-state index >= 15 is 0 Å². The number of ketones is 1. The highest BCUT2D eigenvalue weighted by Crippen LogP contribution is 2.47. The van der Waals surface area contributed by atoms with Crippen molar-refractivity contribution in [3.05, 3.63) is 41.5 Å². The lowest BCUT2D eigenvalue weighted by Gasteiger charge is -2.26. The molecule has 0 unspecified atom stereocenters. The first-order valence-electron chi connectivity index (χ1n) is 10.9. The fourth-order valence-electron chi connectivity index (χ4n) is 4.45. The van der Waals surface area contributed by atoms with Crippen molar-refractivity contribution in [3.8, 4) is 34.3 Å². The van der Waals surface area contributed by atoms with Gasteiger partial charge in [-0.15, -0.1) is 0 Å². The second-order valence-electron chi connectivity index (χ2n) is 7.93. The zero-order valence-electron chi connectivity index (χ0n) is 19.0. The van der Waals surface area contributed by atoms with E-state index in [0.29, 0.717) is 57.3 Å². The van der Waals surface area contributed by atoms with Crippen molar-refractivity contribution in [1.29, 1.82) is 0 Å². The molecule has 0 spiro atoms. The van der Waals surface area contributed by atoms with Crippen LogP contribution in [0, 0.1) is 0 Å². The number of hydrogen-bond acceptors (Lipinski definition) is 8. The van der Waals surface area contributed by atoms with Gasteiger partial charge in [-0.05, 0) is 29.8 Å². The standard InChI is InChI=1S/C25H26N2O6/c1-29-15-4-5-16-17(12-15)24(28)22-18-13-20(30-2)21(31-3)14-19(18)26-25(23(16)22)33-11-8-27-6-9-32-10-7-27/h4-5,12-14H,6-11H2,1-3H3. The van der Waals surface area contributed by atoms with E-state index in [9.17, 15) is 4.79 Å². The summed E-state index contributed by atoms with van der Waals surface area (Å²) in [5, 5.41) is 0.698. The van der Waals surface area contributed by atoms with Crippen LogP contribution in [0.2, 0.25) is 0 Å². The molecule has 0 amide bonds. The molecule has 1 aliphatic carbocycles. The third-order valence-electron chi connectivity index (χ3n) is 6.17. The maximum Gasteiger partial charge on any atom is 0.222 e. The van der Waals surface area contributed by atoms with E-state index in [-0.39, 0.29) is 5.78 Å². The molecular formula is C25H26N2O6. The summed E-state index contributed by atoms with van der Waals surface area (Å²) in [6.07, 6.45) is 0. The first-order valence-corrected chi connectivity index (χ1v) is 10.9. The Bertz CT molecular complexity index is 1220. The molecule has 0 atom stereocenters. The summed E-state index contributed by atoms with van der Waals surface area (Å²) in [4.78, 5) is 20.7. The highest BCUT2D eigenvalue weighted by atomic mass is 16.5. The van der Waals surface area contributed by atoms with Crippen molar-refractivity contribution in [2.75, 3.05) is 60.8 Å². The summed E-state index contributed by atoms with van der Waals surface area (Å²) in [5.41, 5.74) is 3.25. The molecule has 2 aliphatic rings. The van der Waals surface area contributed by atoms with Crippen molar-refractivity contribution >= 4 is 16.7 Å². The number of rotatable bonds is 7. The van der Waals surface area contributed by atoms with Crippen molar-refractivity contribution in [2.45, 2.75) is 0 Å². The molecule has 33 heavy (non-hydrogen) atoms. The van der Waals surface area contributed by atoms with E-state index in [0.717, 1.165) is 38.4 Å². The molecule has 2 heterocycles. The van der Waals surface area contributed by atoms with Crippen molar-refractivity contribution < 1.29 is 28.5 Å². The number of benzene rings is 2. The molecule has 0 radical (unpaired) electrons. The Balaban J connectivity index is 1.61. The predicted octanol–water partition coefficient (Wildman–Crippen LogP) is 3.18. The van der Waals surface area contributed by atoms with Gasteiger partial charge >= 0.3 is 0 Å². The molecule has 5 rings (SSSR count). The van der Waals surface area contributed by atoms with Crippen LogP contribution in [0.5, 0.6) is 23.1 Å². The number of aromatic nitrogens is 1. The number of carbonyl (C=O) groups excluding carboxylic acids is 1. The van der Waals surface area contributed by atoms with Crippen molar-refractivity contribution in [3.63, 3.8) is 0 Å². The number of ether oxygens (including phenoxy) is 5. The second-order valence-corrected chi connectivity index (χ2v) is 7.93. The van der Waals surface area contributed by atoms with Gasteiger partial charge in [0.2, 0.25) is 5.88 Å². The summed E-state index contributed by atoms with van der Waals surface area (Å²) in [6, 6.07) is 9.08. The second kappa shape index (κ2) is 8.88. The highest BCUT2D eigenvalue weighted by Gasteiger charge is 2.34. The van der Waals surface area contributed by atoms with Gasteiger partial charge in [-0.25, -0.2) is 4.98 Å². The first kappa shape index (κ1) is 21.5. The Morgan fingerprint density at radius 1 is 0.939 bits per heavy atom. The quantitative estimate of drug-likeness (QED) is 0.425. The predicted molar refractivity (Wildman–Crippen MR) is 123 cm³/mol. The number of pyridine rings is 1.